The number of H-pyrrole nitrogens is 1. The molecule has 0 unspecified atom stereocenters. The van der Waals surface area contributed by atoms with Crippen LogP contribution in [0.4, 0.5) is 0 Å². The van der Waals surface area contributed by atoms with Crippen LogP contribution in [0.5, 0.6) is 0 Å². The highest BCUT2D eigenvalue weighted by Gasteiger charge is 2.19. The average molecular weight is 498 g/mol. The number of nitrogens with zero attached hydrogens (tertiary/aromatic N) is 2. The monoisotopic (exact) mass is 497 g/mol. The van der Waals surface area contributed by atoms with Gasteiger partial charge in [0.15, 0.2) is 0 Å². The zero-order valence-electron chi connectivity index (χ0n) is 21.1. The number of fused-ring (bicyclic) bond motifs is 10. The zero-order chi connectivity index (χ0) is 25.5. The van der Waals surface area contributed by atoms with Gasteiger partial charge in [-0.05, 0) is 48.0 Å². The fourth-order valence-corrected chi connectivity index (χ4v) is 6.63. The molecule has 3 heteroatoms. The molecule has 9 rings (SSSR count). The summed E-state index contributed by atoms with van der Waals surface area (Å²) >= 11 is 0. The van der Waals surface area contributed by atoms with Gasteiger partial charge in [-0.25, -0.2) is 0 Å². The van der Waals surface area contributed by atoms with Crippen molar-refractivity contribution in [1.82, 2.24) is 14.0 Å². The molecule has 0 aliphatic heterocycles. The molecule has 0 saturated heterocycles. The number of rotatable bonds is 2. The summed E-state index contributed by atoms with van der Waals surface area (Å²) in [5.41, 5.74) is 10.8. The fraction of sp³-hybridized carbons (Fsp3) is 0. The summed E-state index contributed by atoms with van der Waals surface area (Å²) in [7, 11) is 0. The number of hydrogen-bond donors (Lipinski definition) is 1. The van der Waals surface area contributed by atoms with Crippen molar-refractivity contribution in [3.05, 3.63) is 134 Å². The molecule has 0 amide bonds. The Kier molecular flexibility index (Phi) is 4.05. The minimum absolute atomic E-state index is 1.16. The number of pyridine rings is 1. The largest absolute Gasteiger partial charge is 0.353 e. The molecule has 5 aromatic carbocycles. The van der Waals surface area contributed by atoms with Crippen LogP contribution in [0.25, 0.3) is 76.8 Å². The van der Waals surface area contributed by atoms with Crippen molar-refractivity contribution < 1.29 is 0 Å². The Labute approximate surface area is 224 Å². The van der Waals surface area contributed by atoms with Crippen molar-refractivity contribution in [1.29, 1.82) is 0 Å². The van der Waals surface area contributed by atoms with E-state index in [1.165, 1.54) is 65.6 Å². The predicted octanol–water partition coefficient (Wildman–Crippen LogP) is 9.49. The first kappa shape index (κ1) is 20.7. The molecule has 0 fully saturated rings. The van der Waals surface area contributed by atoms with Crippen molar-refractivity contribution in [3.8, 4) is 16.8 Å². The first-order valence-electron chi connectivity index (χ1n) is 13.4. The van der Waals surface area contributed by atoms with Crippen molar-refractivity contribution >= 4 is 60.0 Å². The quantitative estimate of drug-likeness (QED) is 0.246. The minimum atomic E-state index is 1.16. The molecule has 182 valence electrons. The number of aromatic nitrogens is 3. The van der Waals surface area contributed by atoms with Gasteiger partial charge in [-0.3, -0.25) is 0 Å². The highest BCUT2D eigenvalue weighted by Crippen LogP contribution is 2.41. The van der Waals surface area contributed by atoms with Crippen LogP contribution in [0.1, 0.15) is 0 Å². The second-order valence-corrected chi connectivity index (χ2v) is 10.3. The first-order chi connectivity index (χ1) is 19.4. The van der Waals surface area contributed by atoms with E-state index < -0.39 is 0 Å². The van der Waals surface area contributed by atoms with Crippen LogP contribution in [0.15, 0.2) is 134 Å². The molecule has 0 bridgehead atoms. The van der Waals surface area contributed by atoms with Gasteiger partial charge in [0.05, 0.1) is 27.6 Å². The second kappa shape index (κ2) is 7.62. The SMILES string of the molecule is c1cc(-c2c3ccccc3n3ccc4c5ccccc5[nH]c4c23)cc(-n2c3ccccc3c3ccccc32)c1. The summed E-state index contributed by atoms with van der Waals surface area (Å²) in [6.45, 7) is 0. The van der Waals surface area contributed by atoms with E-state index in [0.717, 1.165) is 11.2 Å². The van der Waals surface area contributed by atoms with Gasteiger partial charge in [0, 0.05) is 49.9 Å². The Bertz CT molecular complexity index is 2340. The van der Waals surface area contributed by atoms with Crippen LogP contribution >= 0.6 is 0 Å². The van der Waals surface area contributed by atoms with E-state index in [1.807, 2.05) is 0 Å². The Morgan fingerprint density at radius 2 is 1.13 bits per heavy atom. The number of para-hydroxylation sites is 4. The van der Waals surface area contributed by atoms with Gasteiger partial charge < -0.3 is 14.0 Å². The Morgan fingerprint density at radius 1 is 0.487 bits per heavy atom. The lowest BCUT2D eigenvalue weighted by atomic mass is 10.0. The summed E-state index contributed by atoms with van der Waals surface area (Å²) in [4.78, 5) is 3.76. The van der Waals surface area contributed by atoms with Gasteiger partial charge in [0.1, 0.15) is 0 Å². The maximum atomic E-state index is 3.76. The van der Waals surface area contributed by atoms with E-state index in [2.05, 4.69) is 148 Å². The molecule has 0 aliphatic carbocycles. The molecular formula is C36H23N3. The number of aromatic amines is 1. The summed E-state index contributed by atoms with van der Waals surface area (Å²) in [5.74, 6) is 0. The third-order valence-corrected chi connectivity index (χ3v) is 8.26. The minimum Gasteiger partial charge on any atom is -0.353 e. The summed E-state index contributed by atoms with van der Waals surface area (Å²) in [5, 5.41) is 6.31. The highest BCUT2D eigenvalue weighted by atomic mass is 15.0. The van der Waals surface area contributed by atoms with Crippen LogP contribution in [0.3, 0.4) is 0 Å². The van der Waals surface area contributed by atoms with E-state index >= 15 is 0 Å². The molecule has 39 heavy (non-hydrogen) atoms. The Morgan fingerprint density at radius 3 is 1.90 bits per heavy atom. The van der Waals surface area contributed by atoms with Gasteiger partial charge in [0.25, 0.3) is 0 Å². The smallest absolute Gasteiger partial charge is 0.0784 e. The van der Waals surface area contributed by atoms with Crippen LogP contribution in [0.2, 0.25) is 0 Å². The average Bonchev–Trinajstić information content (AvgIpc) is 3.65. The third-order valence-electron chi connectivity index (χ3n) is 8.26. The summed E-state index contributed by atoms with van der Waals surface area (Å²) in [6.07, 6.45) is 2.22. The maximum absolute atomic E-state index is 3.76. The van der Waals surface area contributed by atoms with E-state index in [1.54, 1.807) is 0 Å². The molecule has 0 aliphatic rings. The van der Waals surface area contributed by atoms with Crippen LogP contribution < -0.4 is 0 Å². The Hall–Kier alpha value is -5.28. The molecule has 4 aromatic heterocycles. The predicted molar refractivity (Wildman–Crippen MR) is 164 cm³/mol. The first-order valence-corrected chi connectivity index (χ1v) is 13.4. The van der Waals surface area contributed by atoms with Gasteiger partial charge in [0.2, 0.25) is 0 Å². The molecule has 3 nitrogen and oxygen atoms in total. The van der Waals surface area contributed by atoms with Crippen LogP contribution in [0, 0.1) is 0 Å². The lowest BCUT2D eigenvalue weighted by Gasteiger charge is -2.11. The standard InChI is InChI=1S/C36H23N3/c1-5-16-30-25(12-1)28-20-21-38-31-17-6-4-15-29(31)34(36(38)35(28)37-30)23-10-9-11-24(22-23)39-32-18-7-2-13-26(32)27-14-3-8-19-33(27)39/h1-22,37H. The third kappa shape index (κ3) is 2.76. The van der Waals surface area contributed by atoms with Crippen molar-refractivity contribution in [2.45, 2.75) is 0 Å². The van der Waals surface area contributed by atoms with Gasteiger partial charge in [-0.1, -0.05) is 84.9 Å². The lowest BCUT2D eigenvalue weighted by Crippen LogP contribution is -1.94. The molecule has 0 saturated carbocycles. The molecular weight excluding hydrogens is 474 g/mol. The van der Waals surface area contributed by atoms with Crippen LogP contribution in [-0.4, -0.2) is 14.0 Å². The normalized spacial score (nSPS) is 12.1. The van der Waals surface area contributed by atoms with E-state index in [-0.39, 0.29) is 0 Å². The fourth-order valence-electron chi connectivity index (χ4n) is 6.63. The molecule has 4 heterocycles. The topological polar surface area (TPSA) is 25.1 Å². The van der Waals surface area contributed by atoms with Crippen LogP contribution in [-0.2, 0) is 0 Å². The zero-order valence-corrected chi connectivity index (χ0v) is 21.1. The number of nitrogens with one attached hydrogen (secondary N) is 1. The Balaban J connectivity index is 1.40. The lowest BCUT2D eigenvalue weighted by molar-refractivity contribution is 1.18. The number of benzene rings is 5. The van der Waals surface area contributed by atoms with Crippen molar-refractivity contribution in [3.63, 3.8) is 0 Å². The maximum Gasteiger partial charge on any atom is 0.0784 e. The van der Waals surface area contributed by atoms with Crippen molar-refractivity contribution in [2.24, 2.45) is 0 Å². The van der Waals surface area contributed by atoms with Gasteiger partial charge >= 0.3 is 0 Å². The van der Waals surface area contributed by atoms with Gasteiger partial charge in [-0.15, -0.1) is 0 Å². The van der Waals surface area contributed by atoms with E-state index in [0.29, 0.717) is 0 Å². The van der Waals surface area contributed by atoms with Crippen molar-refractivity contribution in [2.75, 3.05) is 0 Å². The molecule has 0 spiro atoms. The molecule has 0 atom stereocenters. The molecule has 9 aromatic rings. The molecule has 0 radical (unpaired) electrons. The summed E-state index contributed by atoms with van der Waals surface area (Å²) < 4.78 is 4.74. The molecule has 1 N–H and O–H groups in total. The summed E-state index contributed by atoms with van der Waals surface area (Å²) in [6, 6.07) is 46.0. The van der Waals surface area contributed by atoms with E-state index in [9.17, 15) is 0 Å². The van der Waals surface area contributed by atoms with Gasteiger partial charge in [-0.2, -0.15) is 0 Å². The van der Waals surface area contributed by atoms with E-state index in [4.69, 9.17) is 0 Å². The highest BCUT2D eigenvalue weighted by molar-refractivity contribution is 6.19. The second-order valence-electron chi connectivity index (χ2n) is 10.3. The number of hydrogen-bond acceptors (Lipinski definition) is 0.